The highest BCUT2D eigenvalue weighted by Crippen LogP contribution is 2.27. The molecule has 0 bridgehead atoms. The third-order valence-electron chi connectivity index (χ3n) is 4.02. The molecule has 0 fully saturated rings. The van der Waals surface area contributed by atoms with E-state index in [2.05, 4.69) is 64.9 Å². The fourth-order valence-electron chi connectivity index (χ4n) is 2.88. The molecule has 1 aromatic carbocycles. The van der Waals surface area contributed by atoms with Crippen LogP contribution in [0.25, 0.3) is 10.1 Å². The Balaban J connectivity index is 1.81. The van der Waals surface area contributed by atoms with Gasteiger partial charge in [0.15, 0.2) is 0 Å². The van der Waals surface area contributed by atoms with E-state index in [-0.39, 0.29) is 0 Å². The number of aromatic nitrogens is 1. The summed E-state index contributed by atoms with van der Waals surface area (Å²) in [6.07, 6.45) is 6.86. The zero-order chi connectivity index (χ0) is 14.7. The normalized spacial score (nSPS) is 12.9. The van der Waals surface area contributed by atoms with Gasteiger partial charge in [0.05, 0.1) is 0 Å². The fraction of sp³-hybridized carbons (Fsp3) is 0.333. The molecule has 2 heterocycles. The number of rotatable bonds is 6. The summed E-state index contributed by atoms with van der Waals surface area (Å²) in [4.78, 5) is 0. The second-order valence-corrected chi connectivity index (χ2v) is 6.42. The minimum Gasteiger partial charge on any atom is -0.350 e. The molecule has 3 aromatic rings. The minimum atomic E-state index is 0.468. The van der Waals surface area contributed by atoms with Crippen molar-refractivity contribution in [3.63, 3.8) is 0 Å². The molecule has 1 N–H and O–H groups in total. The van der Waals surface area contributed by atoms with Crippen molar-refractivity contribution >= 4 is 21.4 Å². The number of hydrogen-bond donors (Lipinski definition) is 1. The molecule has 110 valence electrons. The number of hydrogen-bond acceptors (Lipinski definition) is 2. The van der Waals surface area contributed by atoms with E-state index in [9.17, 15) is 0 Å². The monoisotopic (exact) mass is 298 g/mol. The predicted molar refractivity (Wildman–Crippen MR) is 92.1 cm³/mol. The molecule has 2 nitrogen and oxygen atoms in total. The van der Waals surface area contributed by atoms with Gasteiger partial charge in [-0.2, -0.15) is 0 Å². The van der Waals surface area contributed by atoms with E-state index in [1.165, 1.54) is 34.1 Å². The molecule has 21 heavy (non-hydrogen) atoms. The number of nitrogens with one attached hydrogen (secondary N) is 1. The Kier molecular flexibility index (Phi) is 4.42. The van der Waals surface area contributed by atoms with Crippen LogP contribution in [0, 0.1) is 0 Å². The van der Waals surface area contributed by atoms with Crippen molar-refractivity contribution in [2.24, 2.45) is 0 Å². The molecular weight excluding hydrogens is 276 g/mol. The van der Waals surface area contributed by atoms with Crippen LogP contribution >= 0.6 is 11.3 Å². The Labute approximate surface area is 130 Å². The minimum absolute atomic E-state index is 0.468. The summed E-state index contributed by atoms with van der Waals surface area (Å²) in [5, 5.41) is 7.08. The van der Waals surface area contributed by atoms with E-state index >= 15 is 0 Å². The van der Waals surface area contributed by atoms with Crippen molar-refractivity contribution in [1.82, 2.24) is 9.88 Å². The van der Waals surface area contributed by atoms with Gasteiger partial charge in [0.25, 0.3) is 0 Å². The average molecular weight is 298 g/mol. The van der Waals surface area contributed by atoms with Crippen LogP contribution in [-0.2, 0) is 6.54 Å². The quantitative estimate of drug-likeness (QED) is 0.691. The second-order valence-electron chi connectivity index (χ2n) is 5.50. The first kappa shape index (κ1) is 14.4. The highest BCUT2D eigenvalue weighted by molar-refractivity contribution is 7.17. The zero-order valence-corrected chi connectivity index (χ0v) is 13.5. The molecule has 1 unspecified atom stereocenters. The molecule has 1 atom stereocenters. The van der Waals surface area contributed by atoms with Crippen molar-refractivity contribution in [3.05, 3.63) is 59.2 Å². The molecule has 0 saturated heterocycles. The number of thiophene rings is 1. The Bertz CT molecular complexity index is 711. The van der Waals surface area contributed by atoms with E-state index in [1.54, 1.807) is 0 Å². The lowest BCUT2D eigenvalue weighted by atomic mass is 10.1. The highest BCUT2D eigenvalue weighted by Gasteiger charge is 2.10. The second kappa shape index (κ2) is 6.46. The van der Waals surface area contributed by atoms with Gasteiger partial charge < -0.3 is 9.88 Å². The summed E-state index contributed by atoms with van der Waals surface area (Å²) >= 11 is 1.83. The van der Waals surface area contributed by atoms with Crippen molar-refractivity contribution in [3.8, 4) is 0 Å². The molecular formula is C18H22N2S. The Morgan fingerprint density at radius 1 is 1.24 bits per heavy atom. The summed E-state index contributed by atoms with van der Waals surface area (Å²) in [6, 6.07) is 11.4. The molecule has 0 aliphatic rings. The maximum Gasteiger partial charge on any atom is 0.0484 e. The van der Waals surface area contributed by atoms with Crippen LogP contribution < -0.4 is 5.32 Å². The molecule has 0 aliphatic heterocycles. The lowest BCUT2D eigenvalue weighted by molar-refractivity contribution is 0.540. The molecule has 3 heteroatoms. The first-order valence-electron chi connectivity index (χ1n) is 7.60. The molecule has 0 aliphatic carbocycles. The Morgan fingerprint density at radius 3 is 2.90 bits per heavy atom. The zero-order valence-electron chi connectivity index (χ0n) is 12.7. The maximum absolute atomic E-state index is 3.41. The maximum atomic E-state index is 3.41. The molecule has 0 spiro atoms. The average Bonchev–Trinajstić information content (AvgIpc) is 3.13. The summed E-state index contributed by atoms with van der Waals surface area (Å²) in [6.45, 7) is 3.19. The van der Waals surface area contributed by atoms with E-state index in [0.717, 1.165) is 6.54 Å². The molecule has 3 rings (SSSR count). The molecule has 0 radical (unpaired) electrons. The molecule has 0 amide bonds. The Hall–Kier alpha value is -1.58. The van der Waals surface area contributed by atoms with Gasteiger partial charge >= 0.3 is 0 Å². The summed E-state index contributed by atoms with van der Waals surface area (Å²) in [5.74, 6) is 0. The Morgan fingerprint density at radius 2 is 2.10 bits per heavy atom. The van der Waals surface area contributed by atoms with Crippen LogP contribution in [0.4, 0.5) is 0 Å². The van der Waals surface area contributed by atoms with Crippen molar-refractivity contribution in [2.75, 3.05) is 7.05 Å². The van der Waals surface area contributed by atoms with Gasteiger partial charge in [-0.25, -0.2) is 0 Å². The van der Waals surface area contributed by atoms with E-state index in [0.29, 0.717) is 6.04 Å². The molecule has 0 saturated carbocycles. The summed E-state index contributed by atoms with van der Waals surface area (Å²) < 4.78 is 3.67. The molecule has 2 aromatic heterocycles. The van der Waals surface area contributed by atoms with Gasteiger partial charge in [0.1, 0.15) is 0 Å². The summed E-state index contributed by atoms with van der Waals surface area (Å²) in [7, 11) is 2.05. The largest absolute Gasteiger partial charge is 0.350 e. The van der Waals surface area contributed by atoms with Crippen LogP contribution in [-0.4, -0.2) is 11.6 Å². The van der Waals surface area contributed by atoms with Crippen molar-refractivity contribution in [2.45, 2.75) is 32.4 Å². The first-order chi connectivity index (χ1) is 10.3. The third kappa shape index (κ3) is 3.04. The number of nitrogens with zero attached hydrogens (tertiary/aromatic N) is 1. The fourth-order valence-corrected chi connectivity index (χ4v) is 3.84. The van der Waals surface area contributed by atoms with Crippen LogP contribution in [0.3, 0.4) is 0 Å². The van der Waals surface area contributed by atoms with Gasteiger partial charge in [0.2, 0.25) is 0 Å². The van der Waals surface area contributed by atoms with Crippen molar-refractivity contribution < 1.29 is 0 Å². The van der Waals surface area contributed by atoms with E-state index in [1.807, 2.05) is 18.4 Å². The van der Waals surface area contributed by atoms with Crippen LogP contribution in [0.15, 0.2) is 48.1 Å². The standard InChI is InChI=1S/C18H22N2S/c1-3-6-17(19-2)14-9-10-20(11-14)12-15-13-21-18-8-5-4-7-16(15)18/h4-5,7-11,13,17,19H,3,6,12H2,1-2H3. The first-order valence-corrected chi connectivity index (χ1v) is 8.48. The smallest absolute Gasteiger partial charge is 0.0484 e. The third-order valence-corrected chi connectivity index (χ3v) is 5.03. The van der Waals surface area contributed by atoms with Crippen LogP contribution in [0.2, 0.25) is 0 Å². The van der Waals surface area contributed by atoms with Gasteiger partial charge in [-0.05, 0) is 47.5 Å². The van der Waals surface area contributed by atoms with Crippen LogP contribution in [0.5, 0.6) is 0 Å². The SMILES string of the molecule is CCCC(NC)c1ccn(Cc2csc3ccccc23)c1. The van der Waals surface area contributed by atoms with Gasteiger partial charge in [-0.1, -0.05) is 31.5 Å². The van der Waals surface area contributed by atoms with Gasteiger partial charge in [-0.3, -0.25) is 0 Å². The van der Waals surface area contributed by atoms with Gasteiger partial charge in [-0.15, -0.1) is 11.3 Å². The number of fused-ring (bicyclic) bond motifs is 1. The van der Waals surface area contributed by atoms with E-state index in [4.69, 9.17) is 0 Å². The highest BCUT2D eigenvalue weighted by atomic mass is 32.1. The van der Waals surface area contributed by atoms with Crippen LogP contribution in [0.1, 0.15) is 36.9 Å². The lowest BCUT2D eigenvalue weighted by Crippen LogP contribution is -2.15. The van der Waals surface area contributed by atoms with Crippen molar-refractivity contribution in [1.29, 1.82) is 0 Å². The topological polar surface area (TPSA) is 17.0 Å². The van der Waals surface area contributed by atoms with Gasteiger partial charge in [0, 0.05) is 29.7 Å². The summed E-state index contributed by atoms with van der Waals surface area (Å²) in [5.41, 5.74) is 2.80. The predicted octanol–water partition coefficient (Wildman–Crippen LogP) is 4.81. The number of benzene rings is 1. The van der Waals surface area contributed by atoms with E-state index < -0.39 is 0 Å². The lowest BCUT2D eigenvalue weighted by Gasteiger charge is -2.13.